The van der Waals surface area contributed by atoms with E-state index in [0.29, 0.717) is 12.8 Å². The van der Waals surface area contributed by atoms with Crippen LogP contribution < -0.4 is 5.73 Å². The molecule has 2 heterocycles. The molecule has 1 atom stereocenters. The van der Waals surface area contributed by atoms with Gasteiger partial charge >= 0.3 is 0 Å². The lowest BCUT2D eigenvalue weighted by Crippen LogP contribution is -2.35. The molecule has 4 rings (SSSR count). The second kappa shape index (κ2) is 4.55. The van der Waals surface area contributed by atoms with Crippen molar-refractivity contribution < 1.29 is 7.48 Å². The Balaban J connectivity index is 1.84. The van der Waals surface area contributed by atoms with Crippen LogP contribution in [0.1, 0.15) is 20.3 Å². The van der Waals surface area contributed by atoms with Gasteiger partial charge in [0.05, 0.1) is 2.74 Å². The molecule has 1 aromatic heterocycles. The van der Waals surface area contributed by atoms with Gasteiger partial charge in [-0.1, -0.05) is 18.2 Å². The molecular weight excluding hydrogens is 264 g/mol. The Kier molecular flexibility index (Phi) is 2.23. The first-order chi connectivity index (χ1) is 11.0. The van der Waals surface area contributed by atoms with Gasteiger partial charge in [0.15, 0.2) is 0 Å². The largest absolute Gasteiger partial charge is 0.463 e. The van der Waals surface area contributed by atoms with E-state index in [-0.39, 0.29) is 6.02 Å². The van der Waals surface area contributed by atoms with E-state index in [1.807, 2.05) is 12.1 Å². The van der Waals surface area contributed by atoms with Gasteiger partial charge in [-0.3, -0.25) is 0 Å². The second-order valence-corrected chi connectivity index (χ2v) is 5.43. The number of aliphatic imine (C=N–C) groups is 1. The molecule has 2 aromatic rings. The summed E-state index contributed by atoms with van der Waals surface area (Å²) in [5, 5.41) is 0. The fourth-order valence-electron chi connectivity index (χ4n) is 3.09. The summed E-state index contributed by atoms with van der Waals surface area (Å²) in [6.07, 6.45) is 6.78. The zero-order valence-corrected chi connectivity index (χ0v) is 11.4. The molecule has 5 heteroatoms. The minimum absolute atomic E-state index is 0.0704. The molecule has 0 unspecified atom stereocenters. The molecule has 0 saturated carbocycles. The molecular formula is C16H16N4O. The van der Waals surface area contributed by atoms with Crippen LogP contribution in [0.3, 0.4) is 0 Å². The molecule has 21 heavy (non-hydrogen) atoms. The third-order valence-corrected chi connectivity index (χ3v) is 4.09. The second-order valence-electron chi connectivity index (χ2n) is 5.43. The minimum atomic E-state index is -1.89. The number of amidine groups is 1. The summed E-state index contributed by atoms with van der Waals surface area (Å²) in [5.74, 6) is 0. The fourth-order valence-corrected chi connectivity index (χ4v) is 3.09. The zero-order valence-electron chi connectivity index (χ0n) is 13.4. The van der Waals surface area contributed by atoms with Crippen molar-refractivity contribution >= 4 is 6.02 Å². The summed E-state index contributed by atoms with van der Waals surface area (Å²) in [7, 11) is 0. The Morgan fingerprint density at radius 3 is 2.90 bits per heavy atom. The maximum Gasteiger partial charge on any atom is 0.282 e. The van der Waals surface area contributed by atoms with Crippen LogP contribution in [0.15, 0.2) is 41.9 Å². The number of ether oxygens (including phenoxy) is 1. The molecule has 106 valence electrons. The quantitative estimate of drug-likeness (QED) is 0.864. The highest BCUT2D eigenvalue weighted by molar-refractivity contribution is 5.74. The maximum absolute atomic E-state index is 8.20. The van der Waals surface area contributed by atoms with Crippen molar-refractivity contribution in [3.63, 3.8) is 0 Å². The lowest BCUT2D eigenvalue weighted by Gasteiger charge is -2.31. The van der Waals surface area contributed by atoms with Crippen molar-refractivity contribution in [2.45, 2.75) is 24.8 Å². The van der Waals surface area contributed by atoms with Gasteiger partial charge in [-0.15, -0.1) is 0 Å². The number of rotatable bonds is 1. The van der Waals surface area contributed by atoms with Crippen LogP contribution in [0, 0.1) is 0 Å². The Bertz CT molecular complexity index is 794. The van der Waals surface area contributed by atoms with Gasteiger partial charge in [0.2, 0.25) is 0 Å². The number of aromatic nitrogens is 2. The van der Waals surface area contributed by atoms with Crippen LogP contribution in [-0.2, 0) is 17.6 Å². The number of hydrogen-bond donors (Lipinski definition) is 1. The highest BCUT2D eigenvalue weighted by Crippen LogP contribution is 2.38. The summed E-state index contributed by atoms with van der Waals surface area (Å²) >= 11 is 0. The number of nitrogens with zero attached hydrogens (tertiary/aromatic N) is 3. The molecule has 0 fully saturated rings. The number of hydrogen-bond acceptors (Lipinski definition) is 5. The van der Waals surface area contributed by atoms with E-state index in [1.54, 1.807) is 12.4 Å². The molecule has 0 bridgehead atoms. The number of benzene rings is 1. The summed E-state index contributed by atoms with van der Waals surface area (Å²) < 4.78 is 21.5. The lowest BCUT2D eigenvalue weighted by atomic mass is 9.76. The normalized spacial score (nSPS) is 27.3. The van der Waals surface area contributed by atoms with Gasteiger partial charge in [-0.05, 0) is 29.5 Å². The third-order valence-electron chi connectivity index (χ3n) is 4.09. The van der Waals surface area contributed by atoms with Gasteiger partial charge in [-0.2, -0.15) is 0 Å². The molecule has 5 nitrogen and oxygen atoms in total. The molecule has 1 spiro atoms. The van der Waals surface area contributed by atoms with Crippen LogP contribution in [0.5, 0.6) is 0 Å². The minimum Gasteiger partial charge on any atom is -0.463 e. The van der Waals surface area contributed by atoms with Crippen molar-refractivity contribution in [2.75, 3.05) is 6.56 Å². The smallest absolute Gasteiger partial charge is 0.282 e. The van der Waals surface area contributed by atoms with Crippen molar-refractivity contribution in [1.82, 2.24) is 9.97 Å². The van der Waals surface area contributed by atoms with Gasteiger partial charge in [0.1, 0.15) is 18.4 Å². The predicted molar refractivity (Wildman–Crippen MR) is 79.8 cm³/mol. The molecule has 0 saturated heterocycles. The summed E-state index contributed by atoms with van der Waals surface area (Å²) in [6.45, 7) is -1.89. The van der Waals surface area contributed by atoms with Gasteiger partial charge in [-0.25, -0.2) is 15.0 Å². The Hall–Kier alpha value is -2.43. The summed E-state index contributed by atoms with van der Waals surface area (Å²) in [5.41, 5.74) is 8.89. The molecule has 0 radical (unpaired) electrons. The van der Waals surface area contributed by atoms with Gasteiger partial charge in [0.25, 0.3) is 6.02 Å². The molecule has 1 aromatic carbocycles. The van der Waals surface area contributed by atoms with Crippen molar-refractivity contribution in [1.29, 1.82) is 0 Å². The van der Waals surface area contributed by atoms with Crippen LogP contribution in [0.2, 0.25) is 0 Å². The monoisotopic (exact) mass is 282 g/mol. The van der Waals surface area contributed by atoms with Crippen molar-refractivity contribution in [2.24, 2.45) is 10.7 Å². The average Bonchev–Trinajstić information content (AvgIpc) is 2.75. The molecule has 2 N–H and O–H groups in total. The Morgan fingerprint density at radius 1 is 1.29 bits per heavy atom. The van der Waals surface area contributed by atoms with Gasteiger partial charge in [0, 0.05) is 24.4 Å². The topological polar surface area (TPSA) is 73.4 Å². The van der Waals surface area contributed by atoms with E-state index < -0.39 is 12.1 Å². The molecule has 1 aliphatic carbocycles. The van der Waals surface area contributed by atoms with Crippen molar-refractivity contribution in [3.8, 4) is 11.1 Å². The van der Waals surface area contributed by atoms with E-state index in [2.05, 4.69) is 21.0 Å². The van der Waals surface area contributed by atoms with Crippen LogP contribution >= 0.6 is 0 Å². The van der Waals surface area contributed by atoms with Crippen molar-refractivity contribution in [3.05, 3.63) is 48.0 Å². The SMILES string of the molecule is [2H]C1([2H])OC(N)=N[C@]12CCc1cccc(-c3cncnc3)c1C2. The Labute approximate surface area is 125 Å². The van der Waals surface area contributed by atoms with Crippen LogP contribution in [0.25, 0.3) is 11.1 Å². The maximum atomic E-state index is 8.20. The zero-order chi connectivity index (χ0) is 16.1. The fraction of sp³-hybridized carbons (Fsp3) is 0.312. The van der Waals surface area contributed by atoms with Gasteiger partial charge < -0.3 is 10.5 Å². The first-order valence-electron chi connectivity index (χ1n) is 7.91. The van der Waals surface area contributed by atoms with E-state index >= 15 is 0 Å². The average molecular weight is 282 g/mol. The molecule has 1 aliphatic heterocycles. The first kappa shape index (κ1) is 10.3. The molecule has 2 aliphatic rings. The summed E-state index contributed by atoms with van der Waals surface area (Å²) in [4.78, 5) is 12.5. The van der Waals surface area contributed by atoms with Crippen LogP contribution in [-0.4, -0.2) is 28.1 Å². The lowest BCUT2D eigenvalue weighted by molar-refractivity contribution is 0.235. The molecule has 0 amide bonds. The third kappa shape index (κ3) is 2.05. The summed E-state index contributed by atoms with van der Waals surface area (Å²) in [6, 6.07) is 6.03. The number of fused-ring (bicyclic) bond motifs is 1. The Morgan fingerprint density at radius 2 is 2.14 bits per heavy atom. The number of nitrogens with two attached hydrogens (primary N) is 1. The predicted octanol–water partition coefficient (Wildman–Crippen LogP) is 1.72. The van der Waals surface area contributed by atoms with E-state index in [0.717, 1.165) is 23.1 Å². The first-order valence-corrected chi connectivity index (χ1v) is 6.91. The van der Waals surface area contributed by atoms with Crippen LogP contribution in [0.4, 0.5) is 0 Å². The van der Waals surface area contributed by atoms with E-state index in [1.165, 1.54) is 11.9 Å². The van der Waals surface area contributed by atoms with E-state index in [9.17, 15) is 0 Å². The standard InChI is InChI=1S/C16H16N4O/c17-15-20-16(9-21-15)5-4-11-2-1-3-13(14(11)6-16)12-7-18-10-19-8-12/h1-3,7-8,10H,4-6,9H2,(H2,17,20)/t16-/m0/s1/i9D2. The highest BCUT2D eigenvalue weighted by atomic mass is 16.5. The number of aryl methyl sites for hydroxylation is 1. The highest BCUT2D eigenvalue weighted by Gasteiger charge is 2.40. The van der Waals surface area contributed by atoms with E-state index in [4.69, 9.17) is 13.2 Å².